The molecule has 11 amide bonds. The Balaban J connectivity index is 1.43. The molecule has 107 heavy (non-hydrogen) atoms. The summed E-state index contributed by atoms with van der Waals surface area (Å²) in [5, 5.41) is 84.7. The number of nitrogens with zero attached hydrogens (tertiary/aromatic N) is 4. The molecule has 35 nitrogen and oxygen atoms in total. The average Bonchev–Trinajstić information content (AvgIpc) is 0.843. The lowest BCUT2D eigenvalue weighted by atomic mass is 10.0. The van der Waals surface area contributed by atoms with Gasteiger partial charge in [-0.1, -0.05) is 81.7 Å². The highest BCUT2D eigenvalue weighted by Crippen LogP contribution is 2.25. The number of rotatable bonds is 28. The Morgan fingerprint density at radius 1 is 0.533 bits per heavy atom. The number of halogens is 1. The molecule has 21 N–H and O–H groups in total. The second-order valence-electron chi connectivity index (χ2n) is 25.7. The van der Waals surface area contributed by atoms with Gasteiger partial charge in [0.2, 0.25) is 53.2 Å². The van der Waals surface area contributed by atoms with Crippen LogP contribution in [0.4, 0.5) is 10.5 Å². The van der Waals surface area contributed by atoms with Crippen LogP contribution in [0.2, 0.25) is 5.02 Å². The van der Waals surface area contributed by atoms with Crippen molar-refractivity contribution >= 4 is 116 Å². The highest BCUT2D eigenvalue weighted by atomic mass is 35.5. The number of phenols is 2. The Labute approximate surface area is 629 Å². The van der Waals surface area contributed by atoms with E-state index >= 15 is 14.4 Å². The van der Waals surface area contributed by atoms with Crippen molar-refractivity contribution in [3.63, 3.8) is 0 Å². The number of carbonyl (C=O) groups excluding carboxylic acids is 10. The SMILES string of the molecule is CC(O)C1NC(=O)C(CCCCN)NC(=O)C(Cc2ccc(NC(N)=O)cc2)NC(=O)C(Cc2ccc(O)cc2)NC(=O)C(NC(=O)C(Cc2ccc(Cl)cc2)NC(=O)CN2CCN(CC(=O)O)CCN(CC(=O)O)CCN(CC(=O)O)CC2)CSSCC(C(=O)NC(Cc2ccc(O)cc2)C(N)=O)NC1=O. The monoisotopic (exact) mass is 1550 g/mol. The molecular formula is C69H93ClN16O19S2. The minimum absolute atomic E-state index is 0.0183. The Hall–Kier alpha value is -9.86. The quantitative estimate of drug-likeness (QED) is 0.0203. The van der Waals surface area contributed by atoms with Gasteiger partial charge in [0, 0.05) is 100 Å². The second kappa shape index (κ2) is 43.7. The standard InChI is InChI=1S/C69H93ClN16O19S2/c1-40(87)60-68(104)81-55(66(102)77-50(61(72)97)30-43-9-17-47(88)18-10-43)39-107-106-38-54(67(103)79-53(33-44-11-19-48(89)20-12-44)65(101)78-52(32-42-7-15-46(16-8-42)74-69(73)105)64(100)76-49(62(98)82-60)4-2-3-21-71)80-63(99)51(31-41-5-13-45(70)14-6-41)75-56(90)34-83-22-24-84(35-57(91)92)26-28-86(37-59(95)96)29-27-85(25-23-83)36-58(93)94/h5-20,40,49-55,60,87-89H,2-4,21-39,71H2,1H3,(H2,72,97)(H,75,90)(H,76,100)(H,77,102)(H,78,101)(H,79,103)(H,80,99)(H,81,104)(H,82,98)(H,91,92)(H,93,94)(H,95,96)(H3,73,74,105). The minimum Gasteiger partial charge on any atom is -0.508 e. The zero-order valence-electron chi connectivity index (χ0n) is 58.7. The van der Waals surface area contributed by atoms with Crippen molar-refractivity contribution in [2.75, 3.05) is 102 Å². The van der Waals surface area contributed by atoms with Gasteiger partial charge < -0.3 is 95.7 Å². The van der Waals surface area contributed by atoms with Gasteiger partial charge in [0.15, 0.2) is 0 Å². The van der Waals surface area contributed by atoms with Crippen LogP contribution in [0.1, 0.15) is 48.4 Å². The molecule has 9 unspecified atom stereocenters. The molecule has 582 valence electrons. The molecule has 38 heteroatoms. The number of amides is 11. The first kappa shape index (κ1) is 86.1. The third-order valence-corrected chi connectivity index (χ3v) is 19.9. The molecule has 2 heterocycles. The van der Waals surface area contributed by atoms with Crippen molar-refractivity contribution in [2.45, 2.75) is 106 Å². The summed E-state index contributed by atoms with van der Waals surface area (Å²) in [6.07, 6.45) is -2.40. The first-order valence-electron chi connectivity index (χ1n) is 34.2. The highest BCUT2D eigenvalue weighted by Gasteiger charge is 2.38. The third kappa shape index (κ3) is 30.9. The number of nitrogens with one attached hydrogen (secondary N) is 9. The highest BCUT2D eigenvalue weighted by molar-refractivity contribution is 8.76. The number of aliphatic hydroxyl groups is 1. The number of anilines is 1. The number of carboxylic acid groups (broad SMARTS) is 3. The van der Waals surface area contributed by atoms with Crippen molar-refractivity contribution in [1.82, 2.24) is 62.1 Å². The van der Waals surface area contributed by atoms with Gasteiger partial charge in [-0.3, -0.25) is 77.1 Å². The number of unbranched alkanes of at least 4 members (excludes halogenated alkanes) is 1. The summed E-state index contributed by atoms with van der Waals surface area (Å²) in [7, 11) is 1.70. The molecule has 2 aliphatic heterocycles. The first-order valence-corrected chi connectivity index (χ1v) is 37.1. The number of aromatic hydroxyl groups is 2. The van der Waals surface area contributed by atoms with Crippen molar-refractivity contribution in [1.29, 1.82) is 0 Å². The lowest BCUT2D eigenvalue weighted by Gasteiger charge is -2.33. The van der Waals surface area contributed by atoms with Crippen LogP contribution in [0.5, 0.6) is 11.5 Å². The zero-order chi connectivity index (χ0) is 78.3. The van der Waals surface area contributed by atoms with Crippen LogP contribution in [0.25, 0.3) is 0 Å². The van der Waals surface area contributed by atoms with Crippen LogP contribution in [-0.2, 0) is 83.2 Å². The maximum atomic E-state index is 15.4. The minimum atomic E-state index is -1.85. The number of hydrogen-bond acceptors (Lipinski definition) is 23. The molecule has 0 spiro atoms. The Bertz CT molecular complexity index is 3670. The maximum Gasteiger partial charge on any atom is 0.317 e. The van der Waals surface area contributed by atoms with Crippen LogP contribution in [-0.4, -0.2) is 278 Å². The van der Waals surface area contributed by atoms with Crippen LogP contribution in [0.15, 0.2) is 97.1 Å². The molecule has 2 saturated heterocycles. The van der Waals surface area contributed by atoms with Crippen LogP contribution < -0.4 is 65.1 Å². The van der Waals surface area contributed by atoms with Crippen LogP contribution in [0, 0.1) is 0 Å². The molecule has 2 fully saturated rings. The van der Waals surface area contributed by atoms with E-state index in [-0.39, 0.29) is 115 Å². The van der Waals surface area contributed by atoms with Crippen molar-refractivity contribution in [3.8, 4) is 11.5 Å². The van der Waals surface area contributed by atoms with Crippen LogP contribution >= 0.6 is 33.2 Å². The molecular weight excluding hydrogens is 1460 g/mol. The first-order chi connectivity index (χ1) is 50.9. The number of nitrogens with two attached hydrogens (primary N) is 3. The number of carbonyl (C=O) groups is 13. The lowest BCUT2D eigenvalue weighted by molar-refractivity contribution is -0.140. The molecule has 0 aromatic heterocycles. The molecule has 0 bridgehead atoms. The van der Waals surface area contributed by atoms with Gasteiger partial charge in [0.25, 0.3) is 0 Å². The fraction of sp³-hybridized carbons (Fsp3) is 0.464. The van der Waals surface area contributed by atoms with Crippen molar-refractivity contribution in [3.05, 3.63) is 124 Å². The van der Waals surface area contributed by atoms with E-state index in [4.69, 9.17) is 28.8 Å². The number of phenolic OH excluding ortho intramolecular Hbond substituents is 2. The number of urea groups is 1. The third-order valence-electron chi connectivity index (χ3n) is 17.2. The van der Waals surface area contributed by atoms with Gasteiger partial charge in [0.1, 0.15) is 59.8 Å². The van der Waals surface area contributed by atoms with Gasteiger partial charge >= 0.3 is 23.9 Å². The molecule has 0 aliphatic carbocycles. The predicted molar refractivity (Wildman–Crippen MR) is 395 cm³/mol. The number of primary amides is 2. The zero-order valence-corrected chi connectivity index (χ0v) is 61.1. The Kier molecular flexibility index (Phi) is 35.1. The van der Waals surface area contributed by atoms with Gasteiger partial charge in [-0.25, -0.2) is 4.79 Å². The number of aliphatic carboxylic acids is 3. The maximum absolute atomic E-state index is 15.4. The smallest absolute Gasteiger partial charge is 0.317 e. The fourth-order valence-electron chi connectivity index (χ4n) is 11.4. The van der Waals surface area contributed by atoms with E-state index in [1.54, 1.807) is 31.7 Å². The van der Waals surface area contributed by atoms with E-state index in [1.807, 2.05) is 0 Å². The molecule has 6 rings (SSSR count). The van der Waals surface area contributed by atoms with Crippen LogP contribution in [0.3, 0.4) is 0 Å². The fourth-order valence-corrected chi connectivity index (χ4v) is 13.9. The summed E-state index contributed by atoms with van der Waals surface area (Å²) in [6, 6.07) is 9.44. The van der Waals surface area contributed by atoms with E-state index in [9.17, 15) is 78.6 Å². The lowest BCUT2D eigenvalue weighted by Crippen LogP contribution is -2.62. The predicted octanol–water partition coefficient (Wildman–Crippen LogP) is -2.74. The van der Waals surface area contributed by atoms with Gasteiger partial charge in [-0.2, -0.15) is 0 Å². The molecule has 4 aromatic carbocycles. The molecule has 0 radical (unpaired) electrons. The molecule has 4 aromatic rings. The van der Waals surface area contributed by atoms with Gasteiger partial charge in [-0.05, 0) is 104 Å². The number of benzene rings is 4. The topological polar surface area (TPSA) is 543 Å². The summed E-state index contributed by atoms with van der Waals surface area (Å²) in [6.45, 7) is 0.0299. The van der Waals surface area contributed by atoms with Gasteiger partial charge in [-0.15, -0.1) is 0 Å². The molecule has 2 aliphatic rings. The summed E-state index contributed by atoms with van der Waals surface area (Å²) in [5.74, 6) is -13.6. The number of carboxylic acids is 3. The summed E-state index contributed by atoms with van der Waals surface area (Å²) in [5.41, 5.74) is 18.9. The normalized spacial score (nSPS) is 20.7. The van der Waals surface area contributed by atoms with Crippen molar-refractivity contribution in [2.24, 2.45) is 17.2 Å². The largest absolute Gasteiger partial charge is 0.508 e. The number of aliphatic hydroxyl groups excluding tert-OH is 1. The van der Waals surface area contributed by atoms with E-state index in [2.05, 4.69) is 47.9 Å². The molecule has 9 atom stereocenters. The van der Waals surface area contributed by atoms with Gasteiger partial charge in [0.05, 0.1) is 32.3 Å². The van der Waals surface area contributed by atoms with E-state index in [0.29, 0.717) is 33.7 Å². The summed E-state index contributed by atoms with van der Waals surface area (Å²) < 4.78 is 0. The molecule has 0 saturated carbocycles. The second-order valence-corrected chi connectivity index (χ2v) is 28.7. The summed E-state index contributed by atoms with van der Waals surface area (Å²) >= 11 is 6.29. The average molecular weight is 1550 g/mol. The number of hydrogen-bond donors (Lipinski definition) is 18. The van der Waals surface area contributed by atoms with E-state index in [0.717, 1.165) is 21.6 Å². The Morgan fingerprint density at radius 2 is 0.963 bits per heavy atom. The summed E-state index contributed by atoms with van der Waals surface area (Å²) in [4.78, 5) is 186. The van der Waals surface area contributed by atoms with Crippen molar-refractivity contribution < 1.29 is 93.0 Å². The Morgan fingerprint density at radius 3 is 1.43 bits per heavy atom. The van der Waals surface area contributed by atoms with E-state index in [1.165, 1.54) is 91.9 Å². The van der Waals surface area contributed by atoms with E-state index < -0.39 is 169 Å².